The number of nitrogens with zero attached hydrogens (tertiary/aromatic N) is 1. The van der Waals surface area contributed by atoms with Gasteiger partial charge in [0.15, 0.2) is 0 Å². The van der Waals surface area contributed by atoms with Gasteiger partial charge in [-0.15, -0.1) is 0 Å². The molecule has 1 unspecified atom stereocenters. The summed E-state index contributed by atoms with van der Waals surface area (Å²) in [5.74, 6) is -0.585. The SMILES string of the molecule is Cc1ccc(S(=O)(=O)N2CCC(O)(CO)C2)cc1F. The highest BCUT2D eigenvalue weighted by Crippen LogP contribution is 2.27. The Hall–Kier alpha value is -1.02. The lowest BCUT2D eigenvalue weighted by Gasteiger charge is -2.20. The lowest BCUT2D eigenvalue weighted by molar-refractivity contribution is -0.000734. The summed E-state index contributed by atoms with van der Waals surface area (Å²) in [5, 5.41) is 18.9. The molecule has 19 heavy (non-hydrogen) atoms. The molecule has 1 aliphatic heterocycles. The molecule has 0 bridgehead atoms. The van der Waals surface area contributed by atoms with Crippen molar-refractivity contribution < 1.29 is 23.0 Å². The largest absolute Gasteiger partial charge is 0.393 e. The third-order valence-corrected chi connectivity index (χ3v) is 5.21. The number of benzene rings is 1. The predicted octanol–water partition coefficient (Wildman–Crippen LogP) is 0.252. The first-order valence-electron chi connectivity index (χ1n) is 5.88. The van der Waals surface area contributed by atoms with Crippen molar-refractivity contribution in [3.8, 4) is 0 Å². The second-order valence-electron chi connectivity index (χ2n) is 4.88. The van der Waals surface area contributed by atoms with Crippen LogP contribution < -0.4 is 0 Å². The molecule has 0 aliphatic carbocycles. The standard InChI is InChI=1S/C12H16FNO4S/c1-9-2-3-10(6-11(9)13)19(17,18)14-5-4-12(16,7-14)8-15/h2-3,6,15-16H,4-5,7-8H2,1H3. The van der Waals surface area contributed by atoms with Crippen LogP contribution >= 0.6 is 0 Å². The number of hydrogen-bond acceptors (Lipinski definition) is 4. The minimum absolute atomic E-state index is 0.106. The summed E-state index contributed by atoms with van der Waals surface area (Å²) in [6.45, 7) is 0.976. The molecule has 106 valence electrons. The zero-order chi connectivity index (χ0) is 14.3. The fourth-order valence-corrected chi connectivity index (χ4v) is 3.57. The fraction of sp³-hybridized carbons (Fsp3) is 0.500. The van der Waals surface area contributed by atoms with Crippen molar-refractivity contribution in [3.63, 3.8) is 0 Å². The quantitative estimate of drug-likeness (QED) is 0.836. The molecule has 0 spiro atoms. The third kappa shape index (κ3) is 2.64. The molecular formula is C12H16FNO4S. The Morgan fingerprint density at radius 2 is 2.16 bits per heavy atom. The zero-order valence-electron chi connectivity index (χ0n) is 10.5. The number of hydrogen-bond donors (Lipinski definition) is 2. The van der Waals surface area contributed by atoms with E-state index in [9.17, 15) is 17.9 Å². The average molecular weight is 289 g/mol. The van der Waals surface area contributed by atoms with E-state index < -0.39 is 28.0 Å². The van der Waals surface area contributed by atoms with E-state index in [1.165, 1.54) is 12.1 Å². The van der Waals surface area contributed by atoms with Crippen LogP contribution in [0.5, 0.6) is 0 Å². The van der Waals surface area contributed by atoms with Crippen molar-refractivity contribution in [2.75, 3.05) is 19.7 Å². The molecule has 1 aliphatic rings. The molecular weight excluding hydrogens is 273 g/mol. The molecule has 0 amide bonds. The van der Waals surface area contributed by atoms with E-state index in [1.807, 2.05) is 0 Å². The summed E-state index contributed by atoms with van der Waals surface area (Å²) in [6, 6.07) is 3.71. The number of sulfonamides is 1. The van der Waals surface area contributed by atoms with Crippen LogP contribution in [0.4, 0.5) is 4.39 Å². The van der Waals surface area contributed by atoms with Crippen molar-refractivity contribution in [2.24, 2.45) is 0 Å². The first-order chi connectivity index (χ1) is 8.78. The van der Waals surface area contributed by atoms with Crippen molar-refractivity contribution in [3.05, 3.63) is 29.6 Å². The van der Waals surface area contributed by atoms with Crippen LogP contribution in [0.25, 0.3) is 0 Å². The molecule has 5 nitrogen and oxygen atoms in total. The molecule has 1 atom stereocenters. The lowest BCUT2D eigenvalue weighted by Crippen LogP contribution is -2.38. The molecule has 1 heterocycles. The maximum Gasteiger partial charge on any atom is 0.243 e. The highest BCUT2D eigenvalue weighted by molar-refractivity contribution is 7.89. The molecule has 2 N–H and O–H groups in total. The molecule has 1 aromatic carbocycles. The van der Waals surface area contributed by atoms with Gasteiger partial charge in [-0.2, -0.15) is 4.31 Å². The summed E-state index contributed by atoms with van der Waals surface area (Å²) in [4.78, 5) is -0.141. The van der Waals surface area contributed by atoms with Crippen LogP contribution in [0, 0.1) is 12.7 Å². The molecule has 7 heteroatoms. The van der Waals surface area contributed by atoms with Gasteiger partial charge in [0.2, 0.25) is 10.0 Å². The van der Waals surface area contributed by atoms with E-state index in [4.69, 9.17) is 5.11 Å². The second-order valence-corrected chi connectivity index (χ2v) is 6.82. The Kier molecular flexibility index (Phi) is 3.65. The van der Waals surface area contributed by atoms with E-state index in [2.05, 4.69) is 0 Å². The van der Waals surface area contributed by atoms with Crippen molar-refractivity contribution in [2.45, 2.75) is 23.8 Å². The van der Waals surface area contributed by atoms with E-state index in [0.717, 1.165) is 10.4 Å². The zero-order valence-corrected chi connectivity index (χ0v) is 11.3. The predicted molar refractivity (Wildman–Crippen MR) is 66.5 cm³/mol. The van der Waals surface area contributed by atoms with Crippen LogP contribution in [0.2, 0.25) is 0 Å². The first kappa shape index (κ1) is 14.4. The molecule has 1 saturated heterocycles. The minimum atomic E-state index is -3.84. The smallest absolute Gasteiger partial charge is 0.243 e. The Balaban J connectivity index is 2.31. The van der Waals surface area contributed by atoms with Gasteiger partial charge in [-0.1, -0.05) is 6.07 Å². The highest BCUT2D eigenvalue weighted by atomic mass is 32.2. The highest BCUT2D eigenvalue weighted by Gasteiger charge is 2.41. The molecule has 0 saturated carbocycles. The Labute approximate surface area is 111 Å². The van der Waals surface area contributed by atoms with E-state index in [0.29, 0.717) is 5.56 Å². The molecule has 2 rings (SSSR count). The Morgan fingerprint density at radius 1 is 1.47 bits per heavy atom. The summed E-state index contributed by atoms with van der Waals surface area (Å²) in [7, 11) is -3.84. The van der Waals surface area contributed by atoms with E-state index in [1.54, 1.807) is 6.92 Å². The molecule has 1 fully saturated rings. The van der Waals surface area contributed by atoms with Gasteiger partial charge in [0, 0.05) is 13.1 Å². The number of aliphatic hydroxyl groups excluding tert-OH is 1. The van der Waals surface area contributed by atoms with Gasteiger partial charge in [-0.05, 0) is 31.0 Å². The van der Waals surface area contributed by atoms with Gasteiger partial charge in [-0.25, -0.2) is 12.8 Å². The van der Waals surface area contributed by atoms with Gasteiger partial charge >= 0.3 is 0 Å². The Bertz CT molecular complexity index is 589. The minimum Gasteiger partial charge on any atom is -0.393 e. The van der Waals surface area contributed by atoms with Gasteiger partial charge in [0.25, 0.3) is 0 Å². The molecule has 1 aromatic rings. The number of aliphatic hydroxyl groups is 2. The van der Waals surface area contributed by atoms with Gasteiger partial charge in [0.1, 0.15) is 11.4 Å². The van der Waals surface area contributed by atoms with Crippen LogP contribution in [0.3, 0.4) is 0 Å². The van der Waals surface area contributed by atoms with Crippen molar-refractivity contribution in [1.29, 1.82) is 0 Å². The van der Waals surface area contributed by atoms with Crippen LogP contribution in [-0.4, -0.2) is 48.2 Å². The lowest BCUT2D eigenvalue weighted by atomic mass is 10.1. The van der Waals surface area contributed by atoms with Crippen LogP contribution in [0.15, 0.2) is 23.1 Å². The summed E-state index contributed by atoms with van der Waals surface area (Å²) in [6.07, 6.45) is 0.164. The van der Waals surface area contributed by atoms with Gasteiger partial charge < -0.3 is 10.2 Å². The summed E-state index contributed by atoms with van der Waals surface area (Å²) >= 11 is 0. The van der Waals surface area contributed by atoms with Crippen molar-refractivity contribution >= 4 is 10.0 Å². The number of halogens is 1. The maximum atomic E-state index is 13.4. The van der Waals surface area contributed by atoms with Crippen molar-refractivity contribution in [1.82, 2.24) is 4.31 Å². The number of rotatable bonds is 3. The summed E-state index contributed by atoms with van der Waals surface area (Å²) in [5.41, 5.74) is -1.04. The van der Waals surface area contributed by atoms with E-state index >= 15 is 0 Å². The summed E-state index contributed by atoms with van der Waals surface area (Å²) < 4.78 is 39.0. The topological polar surface area (TPSA) is 77.8 Å². The third-order valence-electron chi connectivity index (χ3n) is 3.37. The number of aryl methyl sites for hydroxylation is 1. The molecule has 0 aromatic heterocycles. The van der Waals surface area contributed by atoms with Gasteiger partial charge in [-0.3, -0.25) is 0 Å². The normalized spacial score (nSPS) is 24.8. The van der Waals surface area contributed by atoms with Crippen LogP contribution in [-0.2, 0) is 10.0 Å². The first-order valence-corrected chi connectivity index (χ1v) is 7.32. The van der Waals surface area contributed by atoms with Gasteiger partial charge in [0.05, 0.1) is 11.5 Å². The monoisotopic (exact) mass is 289 g/mol. The number of β-amino-alcohol motifs (C(OH)–C–C–N with tert-alkyl or cyclic N) is 1. The Morgan fingerprint density at radius 3 is 2.68 bits per heavy atom. The molecule has 0 radical (unpaired) electrons. The fourth-order valence-electron chi connectivity index (χ4n) is 2.04. The average Bonchev–Trinajstić information content (AvgIpc) is 2.77. The van der Waals surface area contributed by atoms with Crippen LogP contribution in [0.1, 0.15) is 12.0 Å². The maximum absolute atomic E-state index is 13.4. The second kappa shape index (κ2) is 4.82. The van der Waals surface area contributed by atoms with E-state index in [-0.39, 0.29) is 24.4 Å².